The van der Waals surface area contributed by atoms with Gasteiger partial charge in [0.15, 0.2) is 5.82 Å². The zero-order valence-corrected chi connectivity index (χ0v) is 23.5. The number of rotatable bonds is 11. The minimum Gasteiger partial charge on any atom is -0.461 e. The quantitative estimate of drug-likeness (QED) is 0.142. The lowest BCUT2D eigenvalue weighted by Gasteiger charge is -2.25. The topological polar surface area (TPSA) is 206 Å². The van der Waals surface area contributed by atoms with Crippen molar-refractivity contribution >= 4 is 23.2 Å². The number of carbonyl (C=O) groups is 2. The minimum atomic E-state index is -1.89. The van der Waals surface area contributed by atoms with Gasteiger partial charge in [-0.05, 0) is 50.7 Å². The van der Waals surface area contributed by atoms with Gasteiger partial charge in [0.2, 0.25) is 11.5 Å². The van der Waals surface area contributed by atoms with Crippen LogP contribution in [0, 0.1) is 17.2 Å². The molecule has 0 unspecified atom stereocenters. The maximum atomic E-state index is 12.5. The molecule has 2 aliphatic rings. The second kappa shape index (κ2) is 13.2. The van der Waals surface area contributed by atoms with Crippen LogP contribution in [0.3, 0.4) is 0 Å². The summed E-state index contributed by atoms with van der Waals surface area (Å²) in [5, 5.41) is 41.4. The van der Waals surface area contributed by atoms with Gasteiger partial charge in [0.05, 0.1) is 25.1 Å². The lowest BCUT2D eigenvalue weighted by atomic mass is 9.96. The second-order valence-electron chi connectivity index (χ2n) is 11.0. The van der Waals surface area contributed by atoms with Crippen LogP contribution in [0.25, 0.3) is 5.52 Å². The number of aliphatic hydroxyl groups is 2. The fraction of sp³-hybridized carbons (Fsp3) is 0.667. The van der Waals surface area contributed by atoms with Gasteiger partial charge in [0.25, 0.3) is 0 Å². The van der Waals surface area contributed by atoms with Gasteiger partial charge in [0.1, 0.15) is 48.4 Å². The molecule has 1 aliphatic carbocycles. The summed E-state index contributed by atoms with van der Waals surface area (Å²) in [4.78, 5) is 29.0. The average Bonchev–Trinajstić information content (AvgIpc) is 3.50. The Morgan fingerprint density at radius 3 is 2.68 bits per heavy atom. The normalized spacial score (nSPS) is 26.5. The van der Waals surface area contributed by atoms with E-state index in [-0.39, 0.29) is 37.1 Å². The largest absolute Gasteiger partial charge is 0.461 e. The van der Waals surface area contributed by atoms with E-state index >= 15 is 0 Å². The number of amides is 1. The zero-order chi connectivity index (χ0) is 29.7. The van der Waals surface area contributed by atoms with Gasteiger partial charge < -0.3 is 35.5 Å². The van der Waals surface area contributed by atoms with E-state index in [0.717, 1.165) is 32.1 Å². The third-order valence-electron chi connectivity index (χ3n) is 7.67. The second-order valence-corrected chi connectivity index (χ2v) is 11.0. The first-order valence-electron chi connectivity index (χ1n) is 13.9. The molecule has 1 aliphatic heterocycles. The Kier molecular flexibility index (Phi) is 9.90. The predicted molar refractivity (Wildman–Crippen MR) is 145 cm³/mol. The number of aliphatic hydroxyl groups excluding tert-OH is 2. The summed E-state index contributed by atoms with van der Waals surface area (Å²) in [6, 6.07) is 3.76. The number of nitrogens with two attached hydrogens (primary N) is 1. The molecule has 6 N–H and O–H groups in total. The number of esters is 1. The van der Waals surface area contributed by atoms with Crippen LogP contribution in [0.15, 0.2) is 18.5 Å². The third kappa shape index (κ3) is 6.66. The van der Waals surface area contributed by atoms with Crippen LogP contribution in [0.1, 0.15) is 64.7 Å². The molecule has 1 saturated carbocycles. The van der Waals surface area contributed by atoms with Gasteiger partial charge >= 0.3 is 5.97 Å². The predicted octanol–water partition coefficient (Wildman–Crippen LogP) is 0.535. The standard InChI is InChI=1S/C27H39N7O7/c1-15(2)20(29)25(37)33-24-19-10-9-18(34(19)32-13-30-24)22-21(35)23(36)27(11-28,41-22)12-39-14-31-16(3)26(38)40-17-7-5-4-6-8-17/h9-10,13,15-17,20-23,31,35-36H,4-8,12,14,29H2,1-3H3,(H,30,32,33,37)/t16-,20-,21-,22-,23-,27+/m0/s1. The van der Waals surface area contributed by atoms with Crippen molar-refractivity contribution in [1.29, 1.82) is 5.26 Å². The zero-order valence-electron chi connectivity index (χ0n) is 23.5. The van der Waals surface area contributed by atoms with E-state index in [9.17, 15) is 25.1 Å². The Balaban J connectivity index is 1.39. The maximum absolute atomic E-state index is 12.5. The SMILES string of the molecule is CC(C)[C@H](N)C(=O)Nc1ncnn2c([C@@H]3O[C@](C#N)(COCN[C@@H](C)C(=O)OC4CCCCC4)[C@@H](O)[C@H]3O)ccc12. The highest BCUT2D eigenvalue weighted by Gasteiger charge is 2.56. The molecule has 0 bridgehead atoms. The molecule has 14 nitrogen and oxygen atoms in total. The van der Waals surface area contributed by atoms with Crippen molar-refractivity contribution in [3.05, 3.63) is 24.2 Å². The lowest BCUT2D eigenvalue weighted by molar-refractivity contribution is -0.153. The number of nitrogens with zero attached hydrogens (tertiary/aromatic N) is 4. The Hall–Kier alpha value is -3.19. The number of nitrogens with one attached hydrogen (secondary N) is 2. The van der Waals surface area contributed by atoms with Crippen LogP contribution in [0.4, 0.5) is 5.82 Å². The van der Waals surface area contributed by atoms with Gasteiger partial charge in [-0.25, -0.2) is 9.50 Å². The maximum Gasteiger partial charge on any atom is 0.323 e. The third-order valence-corrected chi connectivity index (χ3v) is 7.67. The molecule has 1 saturated heterocycles. The van der Waals surface area contributed by atoms with Crippen molar-refractivity contribution in [3.8, 4) is 6.07 Å². The highest BCUT2D eigenvalue weighted by atomic mass is 16.6. The molecule has 0 aromatic carbocycles. The summed E-state index contributed by atoms with van der Waals surface area (Å²) in [6.07, 6.45) is 1.88. The summed E-state index contributed by atoms with van der Waals surface area (Å²) < 4.78 is 18.4. The van der Waals surface area contributed by atoms with E-state index in [2.05, 4.69) is 20.7 Å². The van der Waals surface area contributed by atoms with Crippen molar-refractivity contribution in [2.45, 2.75) is 95.0 Å². The summed E-state index contributed by atoms with van der Waals surface area (Å²) in [7, 11) is 0. The monoisotopic (exact) mass is 573 g/mol. The highest BCUT2D eigenvalue weighted by molar-refractivity contribution is 5.97. The molecule has 224 valence electrons. The van der Waals surface area contributed by atoms with E-state index in [1.807, 2.05) is 19.9 Å². The highest BCUT2D eigenvalue weighted by Crippen LogP contribution is 2.40. The van der Waals surface area contributed by atoms with Crippen LogP contribution in [0.2, 0.25) is 0 Å². The summed E-state index contributed by atoms with van der Waals surface area (Å²) in [5.74, 6) is -0.681. The molecule has 2 aromatic heterocycles. The van der Waals surface area contributed by atoms with Crippen molar-refractivity contribution in [3.63, 3.8) is 0 Å². The van der Waals surface area contributed by atoms with Crippen LogP contribution in [0.5, 0.6) is 0 Å². The number of nitriles is 1. The fourth-order valence-corrected chi connectivity index (χ4v) is 4.97. The minimum absolute atomic E-state index is 0.0656. The van der Waals surface area contributed by atoms with Crippen molar-refractivity contribution < 1.29 is 34.0 Å². The molecule has 0 spiro atoms. The van der Waals surface area contributed by atoms with Crippen LogP contribution < -0.4 is 16.4 Å². The van der Waals surface area contributed by atoms with E-state index < -0.39 is 41.9 Å². The van der Waals surface area contributed by atoms with Crippen LogP contribution in [-0.2, 0) is 23.8 Å². The van der Waals surface area contributed by atoms with E-state index in [1.165, 1.54) is 10.8 Å². The van der Waals surface area contributed by atoms with Crippen molar-refractivity contribution in [2.75, 3.05) is 18.7 Å². The first kappa shape index (κ1) is 30.8. The van der Waals surface area contributed by atoms with E-state index in [1.54, 1.807) is 19.1 Å². The number of carbonyl (C=O) groups excluding carboxylic acids is 2. The molecular weight excluding hydrogens is 534 g/mol. The van der Waals surface area contributed by atoms with Crippen LogP contribution >= 0.6 is 0 Å². The Morgan fingerprint density at radius 1 is 1.27 bits per heavy atom. The van der Waals surface area contributed by atoms with Crippen LogP contribution in [-0.4, -0.2) is 86.0 Å². The number of fused-ring (bicyclic) bond motifs is 1. The molecule has 2 fully saturated rings. The fourth-order valence-electron chi connectivity index (χ4n) is 4.97. The molecule has 0 radical (unpaired) electrons. The Labute approximate surface area is 238 Å². The smallest absolute Gasteiger partial charge is 0.323 e. The molecule has 3 heterocycles. The first-order chi connectivity index (χ1) is 19.6. The number of aromatic nitrogens is 3. The van der Waals surface area contributed by atoms with Gasteiger partial charge in [-0.2, -0.15) is 10.4 Å². The number of anilines is 1. The Bertz CT molecular complexity index is 1260. The average molecular weight is 574 g/mol. The molecule has 6 atom stereocenters. The summed E-state index contributed by atoms with van der Waals surface area (Å²) >= 11 is 0. The van der Waals surface area contributed by atoms with Gasteiger partial charge in [-0.3, -0.25) is 14.9 Å². The van der Waals surface area contributed by atoms with Crippen molar-refractivity contribution in [2.24, 2.45) is 11.7 Å². The molecule has 1 amide bonds. The van der Waals surface area contributed by atoms with Crippen molar-refractivity contribution in [1.82, 2.24) is 19.9 Å². The first-order valence-corrected chi connectivity index (χ1v) is 13.9. The van der Waals surface area contributed by atoms with Gasteiger partial charge in [-0.15, -0.1) is 0 Å². The number of hydrogen-bond donors (Lipinski definition) is 5. The molecule has 14 heteroatoms. The summed E-state index contributed by atoms with van der Waals surface area (Å²) in [6.45, 7) is 4.80. The van der Waals surface area contributed by atoms with E-state index in [0.29, 0.717) is 11.2 Å². The van der Waals surface area contributed by atoms with E-state index in [4.69, 9.17) is 19.9 Å². The van der Waals surface area contributed by atoms with Gasteiger partial charge in [-0.1, -0.05) is 20.3 Å². The number of hydrogen-bond acceptors (Lipinski definition) is 12. The molecule has 41 heavy (non-hydrogen) atoms. The Morgan fingerprint density at radius 2 is 2.00 bits per heavy atom. The lowest BCUT2D eigenvalue weighted by Crippen LogP contribution is -2.47. The number of ether oxygens (including phenoxy) is 3. The molecule has 4 rings (SSSR count). The summed E-state index contributed by atoms with van der Waals surface area (Å²) in [5.41, 5.74) is 4.78. The molecular formula is C27H39N7O7. The molecule has 2 aromatic rings. The van der Waals surface area contributed by atoms with Gasteiger partial charge in [0, 0.05) is 0 Å².